The molecular formula is C14H19N3O2S. The van der Waals surface area contributed by atoms with Gasteiger partial charge >= 0.3 is 0 Å². The molecule has 5 nitrogen and oxygen atoms in total. The van der Waals surface area contributed by atoms with Crippen molar-refractivity contribution in [1.82, 2.24) is 9.21 Å². The minimum absolute atomic E-state index is 0.300. The number of likely N-dealkylation sites (N-methyl/N-ethyl adjacent to an activating group) is 1. The van der Waals surface area contributed by atoms with Crippen LogP contribution in [0.4, 0.5) is 0 Å². The zero-order valence-corrected chi connectivity index (χ0v) is 12.4. The first-order valence-electron chi connectivity index (χ1n) is 6.68. The van der Waals surface area contributed by atoms with Crippen LogP contribution < -0.4 is 0 Å². The molecule has 1 fully saturated rings. The first kappa shape index (κ1) is 15.0. The Morgan fingerprint density at radius 1 is 1.15 bits per heavy atom. The van der Waals surface area contributed by atoms with E-state index in [0.717, 1.165) is 25.1 Å². The summed E-state index contributed by atoms with van der Waals surface area (Å²) >= 11 is 0. The predicted molar refractivity (Wildman–Crippen MR) is 76.6 cm³/mol. The van der Waals surface area contributed by atoms with Gasteiger partial charge in [-0.05, 0) is 37.7 Å². The number of nitrogens with zero attached hydrogens (tertiary/aromatic N) is 3. The minimum Gasteiger partial charge on any atom is -0.305 e. The fourth-order valence-electron chi connectivity index (χ4n) is 2.28. The zero-order chi connectivity index (χ0) is 14.6. The Morgan fingerprint density at radius 3 is 2.50 bits per heavy atom. The molecule has 108 valence electrons. The second kappa shape index (κ2) is 6.35. The van der Waals surface area contributed by atoms with E-state index < -0.39 is 10.0 Å². The van der Waals surface area contributed by atoms with Gasteiger partial charge in [-0.3, -0.25) is 0 Å². The number of benzene rings is 1. The average molecular weight is 293 g/mol. The van der Waals surface area contributed by atoms with Crippen LogP contribution in [0.2, 0.25) is 0 Å². The Labute approximate surface area is 120 Å². The number of hydrogen-bond acceptors (Lipinski definition) is 4. The Kier molecular flexibility index (Phi) is 4.76. The molecule has 1 aromatic rings. The Bertz CT molecular complexity index is 590. The van der Waals surface area contributed by atoms with Crippen LogP contribution in [0, 0.1) is 11.3 Å². The van der Waals surface area contributed by atoms with E-state index in [2.05, 4.69) is 11.0 Å². The molecule has 0 spiro atoms. The second-order valence-electron chi connectivity index (χ2n) is 5.04. The van der Waals surface area contributed by atoms with Crippen LogP contribution in [0.25, 0.3) is 0 Å². The highest BCUT2D eigenvalue weighted by Crippen LogP contribution is 2.18. The lowest BCUT2D eigenvalue weighted by molar-refractivity contribution is 0.347. The molecule has 0 amide bonds. The summed E-state index contributed by atoms with van der Waals surface area (Å²) in [5.74, 6) is 0. The van der Waals surface area contributed by atoms with Crippen LogP contribution in [0.1, 0.15) is 12.0 Å². The maximum atomic E-state index is 12.6. The topological polar surface area (TPSA) is 64.4 Å². The van der Waals surface area contributed by atoms with Crippen molar-refractivity contribution in [2.24, 2.45) is 0 Å². The molecule has 1 aromatic carbocycles. The van der Waals surface area contributed by atoms with Gasteiger partial charge in [-0.2, -0.15) is 9.57 Å². The smallest absolute Gasteiger partial charge is 0.243 e. The van der Waals surface area contributed by atoms with Gasteiger partial charge in [0.2, 0.25) is 10.0 Å². The van der Waals surface area contributed by atoms with E-state index in [0.29, 0.717) is 24.4 Å². The van der Waals surface area contributed by atoms with E-state index in [1.807, 2.05) is 7.05 Å². The molecule has 1 aliphatic rings. The van der Waals surface area contributed by atoms with Gasteiger partial charge in [-0.25, -0.2) is 8.42 Å². The van der Waals surface area contributed by atoms with Gasteiger partial charge in [0.15, 0.2) is 0 Å². The molecule has 6 heteroatoms. The third-order valence-electron chi connectivity index (χ3n) is 3.52. The molecule has 0 aromatic heterocycles. The molecule has 1 heterocycles. The normalized spacial score (nSPS) is 18.4. The first-order chi connectivity index (χ1) is 9.54. The molecule has 20 heavy (non-hydrogen) atoms. The van der Waals surface area contributed by atoms with Gasteiger partial charge < -0.3 is 4.90 Å². The minimum atomic E-state index is -3.42. The molecular weight excluding hydrogens is 274 g/mol. The lowest BCUT2D eigenvalue weighted by atomic mass is 10.2. The van der Waals surface area contributed by atoms with Gasteiger partial charge in [0.1, 0.15) is 0 Å². The fraction of sp³-hybridized carbons (Fsp3) is 0.500. The van der Waals surface area contributed by atoms with Crippen LogP contribution in [0.5, 0.6) is 0 Å². The average Bonchev–Trinajstić information content (AvgIpc) is 2.65. The van der Waals surface area contributed by atoms with E-state index >= 15 is 0 Å². The molecule has 1 aliphatic heterocycles. The van der Waals surface area contributed by atoms with Crippen molar-refractivity contribution < 1.29 is 8.42 Å². The van der Waals surface area contributed by atoms with Crippen molar-refractivity contribution in [3.8, 4) is 6.07 Å². The van der Waals surface area contributed by atoms with Crippen molar-refractivity contribution in [3.05, 3.63) is 29.8 Å². The van der Waals surface area contributed by atoms with Crippen molar-refractivity contribution in [3.63, 3.8) is 0 Å². The molecule has 1 saturated heterocycles. The van der Waals surface area contributed by atoms with Crippen molar-refractivity contribution in [1.29, 1.82) is 5.26 Å². The lowest BCUT2D eigenvalue weighted by Crippen LogP contribution is -2.34. The monoisotopic (exact) mass is 293 g/mol. The summed E-state index contributed by atoms with van der Waals surface area (Å²) in [6.45, 7) is 2.77. The standard InChI is InChI=1S/C14H19N3O2S/c1-16-9-2-10-17(12-11-16)20(18,19)14-5-3-13(4-6-14)7-8-15/h3-6H,2,7,9-12H2,1H3. The highest BCUT2D eigenvalue weighted by Gasteiger charge is 2.25. The SMILES string of the molecule is CN1CCCN(S(=O)(=O)c2ccc(CC#N)cc2)CC1. The Balaban J connectivity index is 2.19. The Hall–Kier alpha value is -1.42. The molecule has 0 radical (unpaired) electrons. The first-order valence-corrected chi connectivity index (χ1v) is 8.12. The highest BCUT2D eigenvalue weighted by atomic mass is 32.2. The van der Waals surface area contributed by atoms with E-state index in [1.165, 1.54) is 0 Å². The summed E-state index contributed by atoms with van der Waals surface area (Å²) in [4.78, 5) is 2.45. The molecule has 0 N–H and O–H groups in total. The van der Waals surface area contributed by atoms with Crippen LogP contribution in [0.15, 0.2) is 29.2 Å². The number of hydrogen-bond donors (Lipinski definition) is 0. The van der Waals surface area contributed by atoms with E-state index in [4.69, 9.17) is 5.26 Å². The number of nitriles is 1. The molecule has 0 aliphatic carbocycles. The number of rotatable bonds is 3. The van der Waals surface area contributed by atoms with Crippen LogP contribution >= 0.6 is 0 Å². The van der Waals surface area contributed by atoms with Crippen molar-refractivity contribution in [2.45, 2.75) is 17.7 Å². The highest BCUT2D eigenvalue weighted by molar-refractivity contribution is 7.89. The van der Waals surface area contributed by atoms with Crippen LogP contribution in [0.3, 0.4) is 0 Å². The van der Waals surface area contributed by atoms with Gasteiger partial charge in [-0.1, -0.05) is 12.1 Å². The van der Waals surface area contributed by atoms with Crippen molar-refractivity contribution >= 4 is 10.0 Å². The van der Waals surface area contributed by atoms with Crippen molar-refractivity contribution in [2.75, 3.05) is 33.2 Å². The largest absolute Gasteiger partial charge is 0.305 e. The van der Waals surface area contributed by atoms with Crippen LogP contribution in [-0.2, 0) is 16.4 Å². The van der Waals surface area contributed by atoms with E-state index in [1.54, 1.807) is 28.6 Å². The zero-order valence-electron chi connectivity index (χ0n) is 11.6. The summed E-state index contributed by atoms with van der Waals surface area (Å²) in [5.41, 5.74) is 0.835. The molecule has 0 saturated carbocycles. The summed E-state index contributed by atoms with van der Waals surface area (Å²) in [5, 5.41) is 8.63. The maximum Gasteiger partial charge on any atom is 0.243 e. The lowest BCUT2D eigenvalue weighted by Gasteiger charge is -2.20. The molecule has 2 rings (SSSR count). The van der Waals surface area contributed by atoms with Gasteiger partial charge in [0.05, 0.1) is 17.4 Å². The predicted octanol–water partition coefficient (Wildman–Crippen LogP) is 1.08. The third-order valence-corrected chi connectivity index (χ3v) is 5.44. The maximum absolute atomic E-state index is 12.6. The number of sulfonamides is 1. The third kappa shape index (κ3) is 3.37. The molecule has 0 bridgehead atoms. The Morgan fingerprint density at radius 2 is 1.85 bits per heavy atom. The molecule has 0 atom stereocenters. The summed E-state index contributed by atoms with van der Waals surface area (Å²) < 4.78 is 26.7. The van der Waals surface area contributed by atoms with Gasteiger partial charge in [0.25, 0.3) is 0 Å². The quantitative estimate of drug-likeness (QED) is 0.836. The van der Waals surface area contributed by atoms with E-state index in [-0.39, 0.29) is 0 Å². The summed E-state index contributed by atoms with van der Waals surface area (Å²) in [7, 11) is -1.41. The van der Waals surface area contributed by atoms with Crippen LogP contribution in [-0.4, -0.2) is 50.8 Å². The second-order valence-corrected chi connectivity index (χ2v) is 6.98. The molecule has 0 unspecified atom stereocenters. The van der Waals surface area contributed by atoms with E-state index in [9.17, 15) is 8.42 Å². The van der Waals surface area contributed by atoms with Gasteiger partial charge in [-0.15, -0.1) is 0 Å². The fourth-order valence-corrected chi connectivity index (χ4v) is 3.75. The summed E-state index contributed by atoms with van der Waals surface area (Å²) in [6, 6.07) is 8.66. The van der Waals surface area contributed by atoms with Gasteiger partial charge in [0, 0.05) is 19.6 Å². The summed E-state index contributed by atoms with van der Waals surface area (Å²) in [6.07, 6.45) is 1.15.